The number of hydrogen-bond acceptors (Lipinski definition) is 5. The number of likely N-dealkylation sites (tertiary alicyclic amines) is 1. The van der Waals surface area contributed by atoms with Gasteiger partial charge in [0.2, 0.25) is 0 Å². The number of alkyl halides is 3. The van der Waals surface area contributed by atoms with Gasteiger partial charge in [0.05, 0.1) is 11.3 Å². The van der Waals surface area contributed by atoms with Crippen molar-refractivity contribution in [2.24, 2.45) is 7.05 Å². The van der Waals surface area contributed by atoms with Crippen molar-refractivity contribution >= 4 is 22.6 Å². The number of aromatic nitrogens is 3. The largest absolute Gasteiger partial charge is 0.416 e. The zero-order valence-corrected chi connectivity index (χ0v) is 23.5. The number of halogens is 3. The molecule has 3 aromatic heterocycles. The maximum absolute atomic E-state index is 14.0. The van der Waals surface area contributed by atoms with Crippen molar-refractivity contribution in [3.8, 4) is 5.69 Å². The van der Waals surface area contributed by atoms with Crippen molar-refractivity contribution in [1.82, 2.24) is 23.9 Å². The van der Waals surface area contributed by atoms with Crippen molar-refractivity contribution in [3.63, 3.8) is 0 Å². The first-order valence-corrected chi connectivity index (χ1v) is 13.5. The lowest BCUT2D eigenvalue weighted by Gasteiger charge is -2.33. The second-order valence-corrected chi connectivity index (χ2v) is 10.7. The van der Waals surface area contributed by atoms with Crippen LogP contribution in [0.1, 0.15) is 45.9 Å². The highest BCUT2D eigenvalue weighted by Crippen LogP contribution is 2.39. The van der Waals surface area contributed by atoms with E-state index in [1.165, 1.54) is 37.2 Å². The van der Waals surface area contributed by atoms with Crippen molar-refractivity contribution in [2.45, 2.75) is 31.5 Å². The third-order valence-corrected chi connectivity index (χ3v) is 7.90. The molecule has 1 aliphatic rings. The highest BCUT2D eigenvalue weighted by atomic mass is 19.4. The van der Waals surface area contributed by atoms with Crippen molar-refractivity contribution in [3.05, 3.63) is 87.6 Å². The van der Waals surface area contributed by atoms with Gasteiger partial charge >= 0.3 is 6.18 Å². The van der Waals surface area contributed by atoms with Crippen LogP contribution in [-0.4, -0.2) is 64.1 Å². The van der Waals surface area contributed by atoms with Crippen LogP contribution in [0.15, 0.2) is 59.7 Å². The summed E-state index contributed by atoms with van der Waals surface area (Å²) in [5.41, 5.74) is 2.62. The Bertz CT molecular complexity index is 1650. The van der Waals surface area contributed by atoms with Gasteiger partial charge in [0, 0.05) is 75.5 Å². The minimum Gasteiger partial charge on any atom is -0.388 e. The molecule has 0 radical (unpaired) electrons. The molecule has 4 aromatic rings. The van der Waals surface area contributed by atoms with Crippen LogP contribution in [0, 0.1) is 0 Å². The molecule has 1 fully saturated rings. The molecule has 41 heavy (non-hydrogen) atoms. The molecule has 4 heterocycles. The van der Waals surface area contributed by atoms with Gasteiger partial charge in [-0.15, -0.1) is 0 Å². The van der Waals surface area contributed by atoms with E-state index in [0.29, 0.717) is 32.5 Å². The lowest BCUT2D eigenvalue weighted by atomic mass is 9.85. The van der Waals surface area contributed by atoms with Gasteiger partial charge in [-0.1, -0.05) is 6.07 Å². The van der Waals surface area contributed by atoms with Crippen LogP contribution in [0.5, 0.6) is 0 Å². The maximum Gasteiger partial charge on any atom is 0.416 e. The standard InChI is InChI=1S/C30H33F3N6O2/c1-34-21-10-14-39(27(40)16-21)26-7-11-35-28-24(26)17-22(37(28)4)18-38-12-8-19(9-13-38)23-6-5-20(29(41)36(2)3)15-25(23)30(31,32)33/h5-7,10-11,14-17,19,34H,8-9,12-13,18H2,1-4H3. The fourth-order valence-corrected chi connectivity index (χ4v) is 5.63. The van der Waals surface area contributed by atoms with E-state index in [1.807, 2.05) is 29.8 Å². The Balaban J connectivity index is 1.35. The summed E-state index contributed by atoms with van der Waals surface area (Å²) in [4.78, 5) is 33.1. The van der Waals surface area contributed by atoms with E-state index in [0.717, 1.165) is 34.2 Å². The van der Waals surface area contributed by atoms with Crippen LogP contribution in [-0.2, 0) is 19.8 Å². The van der Waals surface area contributed by atoms with Crippen LogP contribution in [0.3, 0.4) is 0 Å². The number of hydrogen-bond donors (Lipinski definition) is 1. The molecule has 5 rings (SSSR count). The Labute approximate surface area is 236 Å². The van der Waals surface area contributed by atoms with E-state index in [2.05, 4.69) is 15.2 Å². The quantitative estimate of drug-likeness (QED) is 0.361. The van der Waals surface area contributed by atoms with Gasteiger partial charge in [0.1, 0.15) is 5.65 Å². The number of nitrogens with one attached hydrogen (secondary N) is 1. The van der Waals surface area contributed by atoms with Gasteiger partial charge in [0.25, 0.3) is 11.5 Å². The van der Waals surface area contributed by atoms with E-state index in [9.17, 15) is 22.8 Å². The average molecular weight is 567 g/mol. The predicted molar refractivity (Wildman–Crippen MR) is 153 cm³/mol. The predicted octanol–water partition coefficient (Wildman–Crippen LogP) is 4.87. The van der Waals surface area contributed by atoms with Gasteiger partial charge < -0.3 is 14.8 Å². The molecule has 1 amide bonds. The summed E-state index contributed by atoms with van der Waals surface area (Å²) >= 11 is 0. The normalized spacial score (nSPS) is 14.9. The average Bonchev–Trinajstić information content (AvgIpc) is 3.27. The zero-order valence-electron chi connectivity index (χ0n) is 23.5. The Kier molecular flexibility index (Phi) is 7.65. The van der Waals surface area contributed by atoms with E-state index in [1.54, 1.807) is 24.0 Å². The number of fused-ring (bicyclic) bond motifs is 1. The minimum absolute atomic E-state index is 0.0347. The first kappa shape index (κ1) is 28.4. The van der Waals surface area contributed by atoms with Crippen molar-refractivity contribution < 1.29 is 18.0 Å². The van der Waals surface area contributed by atoms with Crippen LogP contribution >= 0.6 is 0 Å². The Morgan fingerprint density at radius 1 is 1.10 bits per heavy atom. The topological polar surface area (TPSA) is 75.4 Å². The first-order chi connectivity index (χ1) is 19.5. The van der Waals surface area contributed by atoms with Crippen molar-refractivity contribution in [1.29, 1.82) is 0 Å². The first-order valence-electron chi connectivity index (χ1n) is 13.5. The number of aryl methyl sites for hydroxylation is 1. The van der Waals surface area contributed by atoms with Gasteiger partial charge in [-0.2, -0.15) is 13.2 Å². The van der Waals surface area contributed by atoms with E-state index in [-0.39, 0.29) is 22.6 Å². The van der Waals surface area contributed by atoms with Gasteiger partial charge in [0.15, 0.2) is 0 Å². The fourth-order valence-electron chi connectivity index (χ4n) is 5.63. The second-order valence-electron chi connectivity index (χ2n) is 10.7. The number of pyridine rings is 2. The van der Waals surface area contributed by atoms with Gasteiger partial charge in [-0.05, 0) is 67.7 Å². The molecule has 11 heteroatoms. The summed E-state index contributed by atoms with van der Waals surface area (Å²) in [5, 5.41) is 3.82. The third-order valence-electron chi connectivity index (χ3n) is 7.90. The fraction of sp³-hybridized carbons (Fsp3) is 0.367. The van der Waals surface area contributed by atoms with Gasteiger partial charge in [-0.3, -0.25) is 19.1 Å². The van der Waals surface area contributed by atoms with Crippen LogP contribution in [0.25, 0.3) is 16.7 Å². The highest BCUT2D eigenvalue weighted by molar-refractivity contribution is 5.94. The molecular weight excluding hydrogens is 533 g/mol. The number of amides is 1. The molecule has 0 unspecified atom stereocenters. The molecular formula is C30H33F3N6O2. The number of carbonyl (C=O) groups is 1. The number of benzene rings is 1. The molecule has 1 aromatic carbocycles. The minimum atomic E-state index is -4.54. The molecule has 0 spiro atoms. The van der Waals surface area contributed by atoms with Crippen LogP contribution in [0.2, 0.25) is 0 Å². The molecule has 216 valence electrons. The molecule has 0 saturated carbocycles. The Morgan fingerprint density at radius 3 is 2.46 bits per heavy atom. The summed E-state index contributed by atoms with van der Waals surface area (Å²) in [7, 11) is 6.73. The number of piperidine rings is 1. The number of carbonyl (C=O) groups excluding carboxylic acids is 1. The summed E-state index contributed by atoms with van der Waals surface area (Å²) in [6, 6.07) is 11.2. The Hall–Kier alpha value is -4.12. The number of anilines is 1. The second kappa shape index (κ2) is 11.0. The monoisotopic (exact) mass is 566 g/mol. The molecule has 1 aliphatic heterocycles. The smallest absolute Gasteiger partial charge is 0.388 e. The van der Waals surface area contributed by atoms with Crippen LogP contribution in [0.4, 0.5) is 18.9 Å². The van der Waals surface area contributed by atoms with Crippen LogP contribution < -0.4 is 10.9 Å². The summed E-state index contributed by atoms with van der Waals surface area (Å²) < 4.78 is 45.6. The molecule has 0 atom stereocenters. The van der Waals surface area contributed by atoms with Crippen molar-refractivity contribution in [2.75, 3.05) is 39.5 Å². The number of nitrogens with zero attached hydrogens (tertiary/aromatic N) is 5. The molecule has 0 aliphatic carbocycles. The zero-order chi connectivity index (χ0) is 29.5. The Morgan fingerprint density at radius 2 is 1.83 bits per heavy atom. The lowest BCUT2D eigenvalue weighted by molar-refractivity contribution is -0.138. The van der Waals surface area contributed by atoms with Gasteiger partial charge in [-0.25, -0.2) is 4.98 Å². The SMILES string of the molecule is CNc1ccn(-c2ccnc3c2cc(CN2CCC(c4ccc(C(=O)N(C)C)cc4C(F)(F)F)CC2)n3C)c(=O)c1. The highest BCUT2D eigenvalue weighted by Gasteiger charge is 2.37. The molecule has 1 saturated heterocycles. The molecule has 1 N–H and O–H groups in total. The molecule has 8 nitrogen and oxygen atoms in total. The van der Waals surface area contributed by atoms with E-state index < -0.39 is 17.6 Å². The number of rotatable bonds is 6. The summed E-state index contributed by atoms with van der Waals surface area (Å²) in [6.07, 6.45) is 0.0210. The third kappa shape index (κ3) is 5.58. The summed E-state index contributed by atoms with van der Waals surface area (Å²) in [6.45, 7) is 1.87. The lowest BCUT2D eigenvalue weighted by Crippen LogP contribution is -2.33. The molecule has 0 bridgehead atoms. The summed E-state index contributed by atoms with van der Waals surface area (Å²) in [5.74, 6) is -0.705. The maximum atomic E-state index is 14.0. The van der Waals surface area contributed by atoms with E-state index in [4.69, 9.17) is 0 Å². The van der Waals surface area contributed by atoms with E-state index >= 15 is 0 Å².